The molecule has 28 heavy (non-hydrogen) atoms. The lowest BCUT2D eigenvalue weighted by molar-refractivity contribution is -0.131. The highest BCUT2D eigenvalue weighted by Gasteiger charge is 2.33. The highest BCUT2D eigenvalue weighted by molar-refractivity contribution is 6.43. The van der Waals surface area contributed by atoms with E-state index in [4.69, 9.17) is 9.57 Å². The lowest BCUT2D eigenvalue weighted by Gasteiger charge is -2.20. The zero-order valence-corrected chi connectivity index (χ0v) is 16.2. The van der Waals surface area contributed by atoms with Crippen molar-refractivity contribution in [2.45, 2.75) is 38.7 Å². The first kappa shape index (κ1) is 21.7. The quantitative estimate of drug-likeness (QED) is 0.443. The lowest BCUT2D eigenvalue weighted by Crippen LogP contribution is -2.50. The molecule has 2 amide bonds. The normalized spacial score (nSPS) is 16.8. The van der Waals surface area contributed by atoms with Crippen molar-refractivity contribution in [3.05, 3.63) is 29.8 Å². The third-order valence-electron chi connectivity index (χ3n) is 4.24. The molecule has 0 aliphatic carbocycles. The monoisotopic (exact) mass is 391 g/mol. The second-order valence-electron chi connectivity index (χ2n) is 7.00. The molecular weight excluding hydrogens is 365 g/mol. The Labute approximate surface area is 164 Å². The van der Waals surface area contributed by atoms with Crippen molar-refractivity contribution in [2.75, 3.05) is 13.7 Å². The summed E-state index contributed by atoms with van der Waals surface area (Å²) in [5, 5.41) is 28.0. The van der Waals surface area contributed by atoms with Crippen LogP contribution in [-0.4, -0.2) is 60.4 Å². The first-order valence-electron chi connectivity index (χ1n) is 9.11. The molecule has 10 heteroatoms. The fourth-order valence-corrected chi connectivity index (χ4v) is 2.82. The van der Waals surface area contributed by atoms with Gasteiger partial charge in [0.15, 0.2) is 0 Å². The molecule has 0 saturated carbocycles. The number of methoxy groups -OCH3 is 1. The molecule has 2 rings (SSSR count). The van der Waals surface area contributed by atoms with Crippen LogP contribution >= 0.6 is 0 Å². The minimum Gasteiger partial charge on any atom is -0.496 e. The van der Waals surface area contributed by atoms with Crippen LogP contribution in [0, 0.1) is 5.92 Å². The maximum absolute atomic E-state index is 12.3. The van der Waals surface area contributed by atoms with E-state index >= 15 is 0 Å². The van der Waals surface area contributed by atoms with Crippen molar-refractivity contribution in [1.82, 2.24) is 10.6 Å². The van der Waals surface area contributed by atoms with Crippen LogP contribution in [0.1, 0.15) is 37.0 Å². The van der Waals surface area contributed by atoms with Gasteiger partial charge in [0.25, 0.3) is 11.8 Å². The maximum Gasteiger partial charge on any atom is 0.475 e. The third kappa shape index (κ3) is 5.96. The number of carbonyl (C=O) groups excluding carboxylic acids is 2. The van der Waals surface area contributed by atoms with Crippen LogP contribution in [0.4, 0.5) is 0 Å². The number of nitrogens with zero attached hydrogens (tertiary/aromatic N) is 1. The number of amides is 2. The van der Waals surface area contributed by atoms with E-state index in [1.165, 1.54) is 7.11 Å². The van der Waals surface area contributed by atoms with Crippen molar-refractivity contribution in [1.29, 1.82) is 0 Å². The van der Waals surface area contributed by atoms with Gasteiger partial charge < -0.3 is 30.3 Å². The van der Waals surface area contributed by atoms with E-state index in [1.54, 1.807) is 24.3 Å². The summed E-state index contributed by atoms with van der Waals surface area (Å²) in [5.74, 6) is -0.957. The van der Waals surface area contributed by atoms with Gasteiger partial charge in [-0.25, -0.2) is 0 Å². The molecule has 4 N–H and O–H groups in total. The molecular formula is C18H26BN3O6. The van der Waals surface area contributed by atoms with Gasteiger partial charge in [-0.15, -0.1) is 0 Å². The maximum atomic E-state index is 12.3. The lowest BCUT2D eigenvalue weighted by atomic mass is 9.75. The molecule has 1 heterocycles. The van der Waals surface area contributed by atoms with Crippen LogP contribution in [-0.2, 0) is 9.63 Å². The smallest absolute Gasteiger partial charge is 0.475 e. The molecule has 1 aromatic carbocycles. The number of hydrogen-bond acceptors (Lipinski definition) is 7. The summed E-state index contributed by atoms with van der Waals surface area (Å²) >= 11 is 0. The van der Waals surface area contributed by atoms with E-state index in [0.717, 1.165) is 0 Å². The van der Waals surface area contributed by atoms with Crippen molar-refractivity contribution in [2.24, 2.45) is 11.1 Å². The number of nitrogens with one attached hydrogen (secondary N) is 2. The molecule has 9 nitrogen and oxygen atoms in total. The molecule has 1 aliphatic rings. The summed E-state index contributed by atoms with van der Waals surface area (Å²) < 4.78 is 5.16. The molecule has 0 spiro atoms. The Kier molecular flexibility index (Phi) is 7.83. The van der Waals surface area contributed by atoms with Gasteiger partial charge in [-0.2, -0.15) is 0 Å². The standard InChI is InChI=1S/C18H26BN3O6/c1-11(2)8-16(19(25)26)21-18(24)15-9-12(22-28-15)10-20-17(23)13-6-4-5-7-14(13)27-3/h4-7,11,15-16,25-26H,8-10H2,1-3H3,(H,20,23)(H,21,24)/t15?,16-/m0/s1. The largest absolute Gasteiger partial charge is 0.496 e. The topological polar surface area (TPSA) is 129 Å². The molecule has 0 aromatic heterocycles. The van der Waals surface area contributed by atoms with Gasteiger partial charge in [0.1, 0.15) is 5.75 Å². The number of ether oxygens (including phenoxy) is 1. The van der Waals surface area contributed by atoms with Gasteiger partial charge in [-0.3, -0.25) is 9.59 Å². The van der Waals surface area contributed by atoms with Crippen LogP contribution in [0.15, 0.2) is 29.4 Å². The Bertz CT molecular complexity index is 725. The minimum absolute atomic E-state index is 0.124. The van der Waals surface area contributed by atoms with Crippen molar-refractivity contribution in [3.8, 4) is 5.75 Å². The van der Waals surface area contributed by atoms with E-state index in [9.17, 15) is 19.6 Å². The van der Waals surface area contributed by atoms with E-state index in [2.05, 4.69) is 15.8 Å². The van der Waals surface area contributed by atoms with E-state index in [-0.39, 0.29) is 24.8 Å². The number of hydrogen-bond donors (Lipinski definition) is 4. The Morgan fingerprint density at radius 1 is 1.36 bits per heavy atom. The van der Waals surface area contributed by atoms with E-state index in [1.807, 2.05) is 13.8 Å². The predicted molar refractivity (Wildman–Crippen MR) is 104 cm³/mol. The zero-order valence-electron chi connectivity index (χ0n) is 16.2. The molecule has 0 fully saturated rings. The van der Waals surface area contributed by atoms with E-state index < -0.39 is 25.1 Å². The van der Waals surface area contributed by atoms with Crippen molar-refractivity contribution >= 4 is 24.6 Å². The van der Waals surface area contributed by atoms with Gasteiger partial charge in [-0.05, 0) is 24.5 Å². The fraction of sp³-hybridized carbons (Fsp3) is 0.500. The van der Waals surface area contributed by atoms with Gasteiger partial charge >= 0.3 is 7.12 Å². The first-order valence-corrected chi connectivity index (χ1v) is 9.11. The Morgan fingerprint density at radius 2 is 2.07 bits per heavy atom. The summed E-state index contributed by atoms with van der Waals surface area (Å²) in [4.78, 5) is 29.7. The highest BCUT2D eigenvalue weighted by atomic mass is 16.6. The molecule has 0 bridgehead atoms. The number of rotatable bonds is 9. The summed E-state index contributed by atoms with van der Waals surface area (Å²) in [6.45, 7) is 3.96. The molecule has 1 aliphatic heterocycles. The average molecular weight is 391 g/mol. The van der Waals surface area contributed by atoms with Crippen LogP contribution < -0.4 is 15.4 Å². The van der Waals surface area contributed by atoms with Gasteiger partial charge in [0.2, 0.25) is 6.10 Å². The number of oxime groups is 1. The van der Waals surface area contributed by atoms with Crippen LogP contribution in [0.5, 0.6) is 5.75 Å². The van der Waals surface area contributed by atoms with Crippen LogP contribution in [0.25, 0.3) is 0 Å². The molecule has 152 valence electrons. The molecule has 2 atom stereocenters. The second-order valence-corrected chi connectivity index (χ2v) is 7.00. The number of benzene rings is 1. The number of carbonyl (C=O) groups is 2. The summed E-state index contributed by atoms with van der Waals surface area (Å²) in [7, 11) is -0.173. The fourth-order valence-electron chi connectivity index (χ4n) is 2.82. The van der Waals surface area contributed by atoms with Crippen LogP contribution in [0.2, 0.25) is 0 Å². The zero-order chi connectivity index (χ0) is 20.7. The predicted octanol–water partition coefficient (Wildman–Crippen LogP) is 0.113. The second kappa shape index (κ2) is 10.1. The van der Waals surface area contributed by atoms with Crippen molar-refractivity contribution < 1.29 is 29.2 Å². The highest BCUT2D eigenvalue weighted by Crippen LogP contribution is 2.17. The Balaban J connectivity index is 1.84. The average Bonchev–Trinajstić information content (AvgIpc) is 3.14. The number of para-hydroxylation sites is 1. The van der Waals surface area contributed by atoms with E-state index in [0.29, 0.717) is 23.4 Å². The van der Waals surface area contributed by atoms with Gasteiger partial charge in [-0.1, -0.05) is 31.1 Å². The first-order chi connectivity index (χ1) is 13.3. The molecule has 0 radical (unpaired) electrons. The van der Waals surface area contributed by atoms with Gasteiger partial charge in [0, 0.05) is 6.42 Å². The van der Waals surface area contributed by atoms with Crippen LogP contribution in [0.3, 0.4) is 0 Å². The summed E-state index contributed by atoms with van der Waals surface area (Å²) in [5.41, 5.74) is 0.903. The minimum atomic E-state index is -1.66. The molecule has 1 aromatic rings. The van der Waals surface area contributed by atoms with Crippen molar-refractivity contribution in [3.63, 3.8) is 0 Å². The SMILES string of the molecule is COc1ccccc1C(=O)NCC1=NOC(C(=O)N[C@@H](CC(C)C)B(O)O)C1. The molecule has 1 unspecified atom stereocenters. The van der Waals surface area contributed by atoms with Gasteiger partial charge in [0.05, 0.1) is 30.9 Å². The summed E-state index contributed by atoms with van der Waals surface area (Å²) in [6.07, 6.45) is -0.251. The Morgan fingerprint density at radius 3 is 2.71 bits per heavy atom. The Hall–Kier alpha value is -2.59. The summed E-state index contributed by atoms with van der Waals surface area (Å²) in [6, 6.07) is 6.84. The molecule has 0 saturated heterocycles. The third-order valence-corrected chi connectivity index (χ3v) is 4.24.